The number of primary sulfonamides is 1. The second-order valence-electron chi connectivity index (χ2n) is 4.04. The number of aliphatic carboxylic acids is 1. The van der Waals surface area contributed by atoms with Gasteiger partial charge in [0.2, 0.25) is 10.0 Å². The molecule has 0 aliphatic heterocycles. The first-order chi connectivity index (χ1) is 8.20. The topological polar surface area (TPSA) is 139 Å². The molecule has 5 N–H and O–H groups in total. The number of amides is 2. The van der Waals surface area contributed by atoms with Crippen molar-refractivity contribution in [2.45, 2.75) is 19.8 Å². The molecular formula is C9H19N3O5S. The fourth-order valence-corrected chi connectivity index (χ4v) is 1.49. The minimum atomic E-state index is -3.58. The highest BCUT2D eigenvalue weighted by molar-refractivity contribution is 7.89. The third-order valence-corrected chi connectivity index (χ3v) is 2.91. The maximum Gasteiger partial charge on any atom is 0.314 e. The van der Waals surface area contributed by atoms with Gasteiger partial charge in [-0.25, -0.2) is 18.4 Å². The van der Waals surface area contributed by atoms with Gasteiger partial charge in [-0.3, -0.25) is 4.79 Å². The average molecular weight is 281 g/mol. The van der Waals surface area contributed by atoms with Gasteiger partial charge >= 0.3 is 12.0 Å². The van der Waals surface area contributed by atoms with Crippen LogP contribution in [0.4, 0.5) is 4.79 Å². The molecule has 0 saturated heterocycles. The summed E-state index contributed by atoms with van der Waals surface area (Å²) in [6.07, 6.45) is 0.517. The lowest BCUT2D eigenvalue weighted by atomic mass is 10.1. The van der Waals surface area contributed by atoms with Gasteiger partial charge in [-0.15, -0.1) is 0 Å². The van der Waals surface area contributed by atoms with Crippen molar-refractivity contribution in [3.8, 4) is 0 Å². The van der Waals surface area contributed by atoms with Gasteiger partial charge in [-0.05, 0) is 12.3 Å². The van der Waals surface area contributed by atoms with Gasteiger partial charge in [-0.2, -0.15) is 0 Å². The minimum Gasteiger partial charge on any atom is -0.481 e. The molecule has 0 bridgehead atoms. The van der Waals surface area contributed by atoms with Crippen LogP contribution in [0, 0.1) is 5.92 Å². The zero-order valence-electron chi connectivity index (χ0n) is 10.2. The number of carboxylic acids is 1. The summed E-state index contributed by atoms with van der Waals surface area (Å²) in [4.78, 5) is 21.5. The predicted octanol–water partition coefficient (Wildman–Crippen LogP) is -0.925. The minimum absolute atomic E-state index is 0.0325. The van der Waals surface area contributed by atoms with E-state index in [1.807, 2.05) is 6.92 Å². The quantitative estimate of drug-likeness (QED) is 0.455. The van der Waals surface area contributed by atoms with Crippen molar-refractivity contribution < 1.29 is 23.1 Å². The molecule has 9 heteroatoms. The maximum absolute atomic E-state index is 11.2. The molecule has 0 aromatic carbocycles. The number of nitrogens with one attached hydrogen (secondary N) is 2. The van der Waals surface area contributed by atoms with Gasteiger partial charge in [-0.1, -0.05) is 6.92 Å². The first-order valence-electron chi connectivity index (χ1n) is 5.44. The highest BCUT2D eigenvalue weighted by Gasteiger charge is 2.08. The molecule has 0 radical (unpaired) electrons. The van der Waals surface area contributed by atoms with Gasteiger partial charge < -0.3 is 15.7 Å². The second kappa shape index (κ2) is 7.88. The van der Waals surface area contributed by atoms with Crippen molar-refractivity contribution in [2.24, 2.45) is 11.1 Å². The Kier molecular flexibility index (Phi) is 7.29. The molecule has 2 amide bonds. The number of urea groups is 1. The number of rotatable bonds is 8. The molecule has 0 spiro atoms. The highest BCUT2D eigenvalue weighted by Crippen LogP contribution is 2.03. The molecule has 0 aromatic rings. The van der Waals surface area contributed by atoms with Gasteiger partial charge in [0.25, 0.3) is 0 Å². The lowest BCUT2D eigenvalue weighted by Gasteiger charge is -2.12. The summed E-state index contributed by atoms with van der Waals surface area (Å²) in [5, 5.41) is 18.1. The van der Waals surface area contributed by atoms with Crippen molar-refractivity contribution >= 4 is 22.0 Å². The van der Waals surface area contributed by atoms with E-state index in [-0.39, 0.29) is 24.6 Å². The normalized spacial score (nSPS) is 12.8. The van der Waals surface area contributed by atoms with Crippen LogP contribution < -0.4 is 15.8 Å². The van der Waals surface area contributed by atoms with Crippen LogP contribution in [0.1, 0.15) is 19.8 Å². The Balaban J connectivity index is 3.67. The number of nitrogens with two attached hydrogens (primary N) is 1. The Morgan fingerprint density at radius 1 is 1.33 bits per heavy atom. The molecule has 1 atom stereocenters. The third kappa shape index (κ3) is 11.1. The summed E-state index contributed by atoms with van der Waals surface area (Å²) in [5.74, 6) is -1.17. The van der Waals surface area contributed by atoms with Gasteiger partial charge in [0.05, 0.1) is 5.75 Å². The van der Waals surface area contributed by atoms with Crippen molar-refractivity contribution in [1.29, 1.82) is 0 Å². The van der Waals surface area contributed by atoms with Gasteiger partial charge in [0.15, 0.2) is 0 Å². The molecule has 0 fully saturated rings. The molecule has 0 aromatic heterocycles. The van der Waals surface area contributed by atoms with E-state index < -0.39 is 22.0 Å². The summed E-state index contributed by atoms with van der Waals surface area (Å²) >= 11 is 0. The van der Waals surface area contributed by atoms with Gasteiger partial charge in [0, 0.05) is 19.5 Å². The number of carboxylic acid groups (broad SMARTS) is 1. The number of hydrogen-bond donors (Lipinski definition) is 4. The fraction of sp³-hybridized carbons (Fsp3) is 0.778. The van der Waals surface area contributed by atoms with Crippen LogP contribution in [0.3, 0.4) is 0 Å². The number of carbonyl (C=O) groups excluding carboxylic acids is 1. The fourth-order valence-electron chi connectivity index (χ4n) is 1.11. The van der Waals surface area contributed by atoms with Crippen LogP contribution in [0.2, 0.25) is 0 Å². The first-order valence-corrected chi connectivity index (χ1v) is 7.16. The van der Waals surface area contributed by atoms with Crippen LogP contribution in [-0.4, -0.2) is 44.4 Å². The Morgan fingerprint density at radius 2 is 1.94 bits per heavy atom. The van der Waals surface area contributed by atoms with E-state index in [0.29, 0.717) is 13.0 Å². The molecule has 106 valence electrons. The lowest BCUT2D eigenvalue weighted by Crippen LogP contribution is -2.40. The van der Waals surface area contributed by atoms with E-state index in [2.05, 4.69) is 10.6 Å². The molecule has 0 aliphatic rings. The lowest BCUT2D eigenvalue weighted by molar-refractivity contribution is -0.137. The molecule has 0 heterocycles. The molecule has 0 aliphatic carbocycles. The maximum atomic E-state index is 11.2. The van der Waals surface area contributed by atoms with E-state index >= 15 is 0 Å². The molecular weight excluding hydrogens is 262 g/mol. The summed E-state index contributed by atoms with van der Waals surface area (Å²) in [5.41, 5.74) is 0. The molecule has 0 rings (SSSR count). The smallest absolute Gasteiger partial charge is 0.314 e. The molecule has 1 unspecified atom stereocenters. The highest BCUT2D eigenvalue weighted by atomic mass is 32.2. The first kappa shape index (κ1) is 16.6. The zero-order valence-corrected chi connectivity index (χ0v) is 11.0. The van der Waals surface area contributed by atoms with Crippen LogP contribution in [-0.2, 0) is 14.8 Å². The van der Waals surface area contributed by atoms with Crippen LogP contribution in [0.15, 0.2) is 0 Å². The number of hydrogen-bond acceptors (Lipinski definition) is 4. The molecule has 18 heavy (non-hydrogen) atoms. The van der Waals surface area contributed by atoms with Crippen LogP contribution >= 0.6 is 0 Å². The summed E-state index contributed by atoms with van der Waals surface area (Å²) in [7, 11) is -3.58. The third-order valence-electron chi connectivity index (χ3n) is 2.13. The van der Waals surface area contributed by atoms with Gasteiger partial charge in [0.1, 0.15) is 0 Å². The number of sulfonamides is 1. The number of carbonyl (C=O) groups is 2. The summed E-state index contributed by atoms with van der Waals surface area (Å²) in [6, 6.07) is -0.499. The van der Waals surface area contributed by atoms with E-state index in [1.54, 1.807) is 0 Å². The largest absolute Gasteiger partial charge is 0.481 e. The van der Waals surface area contributed by atoms with E-state index in [4.69, 9.17) is 10.2 Å². The molecule has 8 nitrogen and oxygen atoms in total. The van der Waals surface area contributed by atoms with Crippen molar-refractivity contribution in [2.75, 3.05) is 18.8 Å². The predicted molar refractivity (Wildman–Crippen MR) is 65.4 cm³/mol. The Morgan fingerprint density at radius 3 is 2.44 bits per heavy atom. The van der Waals surface area contributed by atoms with Crippen LogP contribution in [0.5, 0.6) is 0 Å². The zero-order chi connectivity index (χ0) is 14.2. The summed E-state index contributed by atoms with van der Waals surface area (Å²) < 4.78 is 21.2. The van der Waals surface area contributed by atoms with Crippen LogP contribution in [0.25, 0.3) is 0 Å². The van der Waals surface area contributed by atoms with Crippen molar-refractivity contribution in [3.05, 3.63) is 0 Å². The monoisotopic (exact) mass is 281 g/mol. The van der Waals surface area contributed by atoms with Crippen molar-refractivity contribution in [3.63, 3.8) is 0 Å². The SMILES string of the molecule is CC(CCC(=O)O)CNC(=O)NCCS(N)(=O)=O. The average Bonchev–Trinajstić information content (AvgIpc) is 2.21. The van der Waals surface area contributed by atoms with E-state index in [0.717, 1.165) is 0 Å². The Labute approximate surface area is 106 Å². The summed E-state index contributed by atoms with van der Waals surface area (Å²) in [6.45, 7) is 2.08. The molecule has 0 saturated carbocycles. The van der Waals surface area contributed by atoms with Crippen molar-refractivity contribution in [1.82, 2.24) is 10.6 Å². The standard InChI is InChI=1S/C9H19N3O5S/c1-7(2-3-8(13)14)6-12-9(15)11-4-5-18(10,16)17/h7H,2-6H2,1H3,(H,13,14)(H2,10,16,17)(H2,11,12,15). The van der Waals surface area contributed by atoms with E-state index in [1.165, 1.54) is 0 Å². The Bertz CT molecular complexity index is 382. The second-order valence-corrected chi connectivity index (χ2v) is 5.78. The Hall–Kier alpha value is -1.35. The van der Waals surface area contributed by atoms with E-state index in [9.17, 15) is 18.0 Å².